The van der Waals surface area contributed by atoms with Crippen molar-refractivity contribution >= 4 is 11.8 Å². The van der Waals surface area contributed by atoms with Crippen molar-refractivity contribution in [2.45, 2.75) is 45.6 Å². The largest absolute Gasteiger partial charge is 0.380 e. The molecule has 0 aromatic carbocycles. The van der Waals surface area contributed by atoms with Gasteiger partial charge in [0.2, 0.25) is 11.8 Å². The van der Waals surface area contributed by atoms with E-state index in [-0.39, 0.29) is 18.4 Å². The Kier molecular flexibility index (Phi) is 5.59. The Morgan fingerprint density at radius 3 is 2.44 bits per heavy atom. The molecule has 0 atom stereocenters. The summed E-state index contributed by atoms with van der Waals surface area (Å²) < 4.78 is 5.38. The molecule has 0 spiro atoms. The Bertz CT molecular complexity index is 301. The van der Waals surface area contributed by atoms with Gasteiger partial charge in [-0.15, -0.1) is 0 Å². The molecule has 1 fully saturated rings. The number of rotatable bonds is 7. The molecule has 5 nitrogen and oxygen atoms in total. The van der Waals surface area contributed by atoms with Crippen LogP contribution in [0, 0.1) is 0 Å². The summed E-state index contributed by atoms with van der Waals surface area (Å²) in [6.07, 6.45) is 2.21. The Labute approximate surface area is 109 Å². The molecule has 0 aromatic heterocycles. The van der Waals surface area contributed by atoms with Gasteiger partial charge in [-0.25, -0.2) is 0 Å². The third-order valence-corrected chi connectivity index (χ3v) is 3.47. The smallest absolute Gasteiger partial charge is 0.248 e. The second-order valence-electron chi connectivity index (χ2n) is 4.68. The average molecular weight is 256 g/mol. The molecule has 1 aliphatic heterocycles. The summed E-state index contributed by atoms with van der Waals surface area (Å²) in [5, 5.41) is 2.84. The molecule has 0 aromatic rings. The highest BCUT2D eigenvalue weighted by Gasteiger charge is 2.43. The number of piperazine rings is 1. The summed E-state index contributed by atoms with van der Waals surface area (Å²) in [5.74, 6) is -0.0546. The molecule has 1 N–H and O–H groups in total. The van der Waals surface area contributed by atoms with Gasteiger partial charge in [-0.05, 0) is 19.3 Å². The fourth-order valence-electron chi connectivity index (χ4n) is 2.24. The molecule has 1 saturated heterocycles. The zero-order valence-corrected chi connectivity index (χ0v) is 11.6. The van der Waals surface area contributed by atoms with E-state index in [9.17, 15) is 9.59 Å². The molecule has 5 heteroatoms. The Balaban J connectivity index is 2.62. The van der Waals surface area contributed by atoms with Crippen molar-refractivity contribution in [1.29, 1.82) is 0 Å². The lowest BCUT2D eigenvalue weighted by Crippen LogP contribution is -2.66. The molecule has 18 heavy (non-hydrogen) atoms. The van der Waals surface area contributed by atoms with E-state index < -0.39 is 5.54 Å². The predicted octanol–water partition coefficient (Wildman–Crippen LogP) is 0.930. The monoisotopic (exact) mass is 256 g/mol. The Morgan fingerprint density at radius 2 is 1.89 bits per heavy atom. The SMILES string of the molecule is CCCOCCN1CC(=O)NC(CC)(CC)C1=O. The molecular weight excluding hydrogens is 232 g/mol. The summed E-state index contributed by atoms with van der Waals surface area (Å²) >= 11 is 0. The molecule has 0 radical (unpaired) electrons. The van der Waals surface area contributed by atoms with Crippen molar-refractivity contribution in [3.05, 3.63) is 0 Å². The number of carbonyl (C=O) groups is 2. The van der Waals surface area contributed by atoms with E-state index in [0.717, 1.165) is 6.42 Å². The van der Waals surface area contributed by atoms with Crippen molar-refractivity contribution < 1.29 is 14.3 Å². The van der Waals surface area contributed by atoms with Crippen LogP contribution in [0.4, 0.5) is 0 Å². The van der Waals surface area contributed by atoms with E-state index in [2.05, 4.69) is 5.32 Å². The highest BCUT2D eigenvalue weighted by atomic mass is 16.5. The van der Waals surface area contributed by atoms with Gasteiger partial charge in [0.25, 0.3) is 0 Å². The van der Waals surface area contributed by atoms with Crippen LogP contribution in [0.15, 0.2) is 0 Å². The maximum absolute atomic E-state index is 12.4. The molecule has 2 amide bonds. The number of ether oxygens (including phenoxy) is 1. The van der Waals surface area contributed by atoms with Gasteiger partial charge in [0, 0.05) is 13.2 Å². The minimum Gasteiger partial charge on any atom is -0.380 e. The first-order chi connectivity index (χ1) is 8.59. The Hall–Kier alpha value is -1.10. The third kappa shape index (κ3) is 3.22. The molecular formula is C13H24N2O3. The summed E-state index contributed by atoms with van der Waals surface area (Å²) in [4.78, 5) is 25.7. The van der Waals surface area contributed by atoms with Crippen molar-refractivity contribution in [3.63, 3.8) is 0 Å². The zero-order chi connectivity index (χ0) is 13.6. The van der Waals surface area contributed by atoms with Crippen LogP contribution in [-0.4, -0.2) is 48.6 Å². The Morgan fingerprint density at radius 1 is 1.22 bits per heavy atom. The van der Waals surface area contributed by atoms with Gasteiger partial charge in [0.15, 0.2) is 0 Å². The maximum atomic E-state index is 12.4. The second-order valence-corrected chi connectivity index (χ2v) is 4.68. The van der Waals surface area contributed by atoms with Crippen molar-refractivity contribution in [2.75, 3.05) is 26.3 Å². The van der Waals surface area contributed by atoms with Gasteiger partial charge in [0.1, 0.15) is 5.54 Å². The summed E-state index contributed by atoms with van der Waals surface area (Å²) in [5.41, 5.74) is -0.708. The minimum atomic E-state index is -0.708. The van der Waals surface area contributed by atoms with Crippen LogP contribution in [0.25, 0.3) is 0 Å². The lowest BCUT2D eigenvalue weighted by atomic mass is 9.89. The van der Waals surface area contributed by atoms with E-state index >= 15 is 0 Å². The third-order valence-electron chi connectivity index (χ3n) is 3.47. The van der Waals surface area contributed by atoms with Gasteiger partial charge < -0.3 is 15.0 Å². The highest BCUT2D eigenvalue weighted by molar-refractivity contribution is 5.97. The summed E-state index contributed by atoms with van der Waals surface area (Å²) in [6, 6.07) is 0. The fourth-order valence-corrected chi connectivity index (χ4v) is 2.24. The van der Waals surface area contributed by atoms with Crippen LogP contribution in [0.2, 0.25) is 0 Å². The lowest BCUT2D eigenvalue weighted by Gasteiger charge is -2.41. The molecule has 0 unspecified atom stereocenters. The van der Waals surface area contributed by atoms with E-state index in [0.29, 0.717) is 32.6 Å². The highest BCUT2D eigenvalue weighted by Crippen LogP contribution is 2.21. The standard InChI is InChI=1S/C13H24N2O3/c1-4-8-18-9-7-15-10-11(16)14-13(5-2,6-3)12(15)17/h4-10H2,1-3H3,(H,14,16). The van der Waals surface area contributed by atoms with Gasteiger partial charge in [0.05, 0.1) is 13.2 Å². The topological polar surface area (TPSA) is 58.6 Å². The molecule has 1 rings (SSSR count). The van der Waals surface area contributed by atoms with E-state index in [1.165, 1.54) is 0 Å². The quantitative estimate of drug-likeness (QED) is 0.689. The number of hydrogen-bond acceptors (Lipinski definition) is 3. The summed E-state index contributed by atoms with van der Waals surface area (Å²) in [6.45, 7) is 7.73. The van der Waals surface area contributed by atoms with Crippen LogP contribution in [-0.2, 0) is 14.3 Å². The number of carbonyl (C=O) groups excluding carboxylic acids is 2. The second kappa shape index (κ2) is 6.73. The van der Waals surface area contributed by atoms with Gasteiger partial charge in [-0.3, -0.25) is 9.59 Å². The molecule has 104 valence electrons. The van der Waals surface area contributed by atoms with Gasteiger partial charge in [-0.2, -0.15) is 0 Å². The van der Waals surface area contributed by atoms with Crippen LogP contribution < -0.4 is 5.32 Å². The first-order valence-electron chi connectivity index (χ1n) is 6.77. The lowest BCUT2D eigenvalue weighted by molar-refractivity contribution is -0.151. The van der Waals surface area contributed by atoms with Crippen molar-refractivity contribution in [2.24, 2.45) is 0 Å². The number of nitrogens with zero attached hydrogens (tertiary/aromatic N) is 1. The van der Waals surface area contributed by atoms with Crippen LogP contribution >= 0.6 is 0 Å². The van der Waals surface area contributed by atoms with E-state index in [1.54, 1.807) is 4.90 Å². The van der Waals surface area contributed by atoms with Crippen molar-refractivity contribution in [1.82, 2.24) is 10.2 Å². The molecule has 0 bridgehead atoms. The average Bonchev–Trinajstić information content (AvgIpc) is 2.38. The molecule has 0 aliphatic carbocycles. The first kappa shape index (κ1) is 15.0. The normalized spacial score (nSPS) is 18.9. The van der Waals surface area contributed by atoms with Crippen molar-refractivity contribution in [3.8, 4) is 0 Å². The number of hydrogen-bond donors (Lipinski definition) is 1. The van der Waals surface area contributed by atoms with Crippen LogP contribution in [0.5, 0.6) is 0 Å². The predicted molar refractivity (Wildman–Crippen MR) is 69.1 cm³/mol. The minimum absolute atomic E-state index is 0.0206. The molecule has 1 aliphatic rings. The fraction of sp³-hybridized carbons (Fsp3) is 0.846. The maximum Gasteiger partial charge on any atom is 0.248 e. The van der Waals surface area contributed by atoms with Gasteiger partial charge in [-0.1, -0.05) is 20.8 Å². The summed E-state index contributed by atoms with van der Waals surface area (Å²) in [7, 11) is 0. The van der Waals surface area contributed by atoms with Crippen LogP contribution in [0.1, 0.15) is 40.0 Å². The van der Waals surface area contributed by atoms with E-state index in [1.807, 2.05) is 20.8 Å². The molecule has 0 saturated carbocycles. The van der Waals surface area contributed by atoms with Crippen LogP contribution in [0.3, 0.4) is 0 Å². The zero-order valence-electron chi connectivity index (χ0n) is 11.6. The molecule has 1 heterocycles. The first-order valence-corrected chi connectivity index (χ1v) is 6.77. The van der Waals surface area contributed by atoms with E-state index in [4.69, 9.17) is 4.74 Å². The number of nitrogens with one attached hydrogen (secondary N) is 1. The van der Waals surface area contributed by atoms with Gasteiger partial charge >= 0.3 is 0 Å². The number of amides is 2.